The minimum absolute atomic E-state index is 0.107. The summed E-state index contributed by atoms with van der Waals surface area (Å²) in [6.45, 7) is 3.73. The van der Waals surface area contributed by atoms with Crippen molar-refractivity contribution in [3.05, 3.63) is 33.8 Å². The number of aromatic nitrogens is 1. The van der Waals surface area contributed by atoms with Crippen molar-refractivity contribution in [2.45, 2.75) is 44.2 Å². The van der Waals surface area contributed by atoms with Gasteiger partial charge < -0.3 is 4.52 Å². The van der Waals surface area contributed by atoms with Crippen LogP contribution < -0.4 is 0 Å². The van der Waals surface area contributed by atoms with Crippen LogP contribution in [-0.4, -0.2) is 23.9 Å². The molecule has 0 spiro atoms. The van der Waals surface area contributed by atoms with Gasteiger partial charge in [0, 0.05) is 17.5 Å². The van der Waals surface area contributed by atoms with Gasteiger partial charge in [0.1, 0.15) is 10.6 Å². The molecule has 1 saturated carbocycles. The first-order valence-corrected chi connectivity index (χ1v) is 8.79. The maximum Gasteiger partial charge on any atom is 0.249 e. The van der Waals surface area contributed by atoms with Gasteiger partial charge in [-0.2, -0.15) is 4.31 Å². The van der Waals surface area contributed by atoms with E-state index in [1.54, 1.807) is 29.5 Å². The number of aryl methyl sites for hydroxylation is 2. The minimum Gasteiger partial charge on any atom is -0.360 e. The van der Waals surface area contributed by atoms with E-state index in [2.05, 4.69) is 5.16 Å². The lowest BCUT2D eigenvalue weighted by atomic mass is 10.4. The second-order valence-corrected chi connectivity index (χ2v) is 7.87. The summed E-state index contributed by atoms with van der Waals surface area (Å²) in [7, 11) is -3.55. The van der Waals surface area contributed by atoms with Gasteiger partial charge in [-0.15, -0.1) is 11.3 Å². The molecule has 0 atom stereocenters. The molecule has 5 nitrogen and oxygen atoms in total. The Hall–Kier alpha value is -1.18. The van der Waals surface area contributed by atoms with Gasteiger partial charge in [0.2, 0.25) is 10.0 Å². The van der Waals surface area contributed by atoms with E-state index in [1.807, 2.05) is 17.5 Å². The molecule has 0 radical (unpaired) electrons. The summed E-state index contributed by atoms with van der Waals surface area (Å²) in [4.78, 5) is 1.27. The van der Waals surface area contributed by atoms with Gasteiger partial charge >= 0.3 is 0 Å². The molecule has 108 valence electrons. The van der Waals surface area contributed by atoms with Crippen molar-refractivity contribution in [2.75, 3.05) is 0 Å². The number of thiophene rings is 1. The van der Waals surface area contributed by atoms with Gasteiger partial charge in [-0.25, -0.2) is 8.42 Å². The normalized spacial score (nSPS) is 15.9. The number of hydrogen-bond donors (Lipinski definition) is 0. The third kappa shape index (κ3) is 2.41. The highest BCUT2D eigenvalue weighted by atomic mass is 32.2. The molecule has 1 aliphatic rings. The molecule has 2 aromatic heterocycles. The van der Waals surface area contributed by atoms with Crippen molar-refractivity contribution in [2.24, 2.45) is 0 Å². The number of sulfonamides is 1. The van der Waals surface area contributed by atoms with Crippen LogP contribution in [0.25, 0.3) is 0 Å². The molecular formula is C13H16N2O3S2. The predicted molar refractivity (Wildman–Crippen MR) is 76.0 cm³/mol. The largest absolute Gasteiger partial charge is 0.360 e. The first-order valence-electron chi connectivity index (χ1n) is 6.47. The van der Waals surface area contributed by atoms with Crippen LogP contribution in [0.5, 0.6) is 0 Å². The van der Waals surface area contributed by atoms with E-state index < -0.39 is 10.0 Å². The average Bonchev–Trinajstić information content (AvgIpc) is 2.97. The first kappa shape index (κ1) is 13.8. The lowest BCUT2D eigenvalue weighted by molar-refractivity contribution is 0.385. The van der Waals surface area contributed by atoms with E-state index in [1.165, 1.54) is 0 Å². The fourth-order valence-corrected chi connectivity index (χ4v) is 5.03. The highest BCUT2D eigenvalue weighted by Crippen LogP contribution is 2.35. The summed E-state index contributed by atoms with van der Waals surface area (Å²) >= 11 is 1.57. The monoisotopic (exact) mass is 312 g/mol. The Morgan fingerprint density at radius 3 is 2.70 bits per heavy atom. The van der Waals surface area contributed by atoms with Crippen LogP contribution in [0.2, 0.25) is 0 Å². The zero-order chi connectivity index (χ0) is 14.3. The second-order valence-electron chi connectivity index (χ2n) is 5.01. The van der Waals surface area contributed by atoms with E-state index in [0.717, 1.165) is 17.7 Å². The summed E-state index contributed by atoms with van der Waals surface area (Å²) in [6.07, 6.45) is 1.85. The maximum atomic E-state index is 12.9. The molecule has 0 unspecified atom stereocenters. The van der Waals surface area contributed by atoms with Crippen LogP contribution in [-0.2, 0) is 16.6 Å². The zero-order valence-electron chi connectivity index (χ0n) is 11.4. The molecule has 0 N–H and O–H groups in total. The summed E-state index contributed by atoms with van der Waals surface area (Å²) in [5, 5.41) is 5.72. The lowest BCUT2D eigenvalue weighted by Gasteiger charge is -2.20. The van der Waals surface area contributed by atoms with Gasteiger partial charge in [0.25, 0.3) is 0 Å². The van der Waals surface area contributed by atoms with Crippen LogP contribution >= 0.6 is 11.3 Å². The van der Waals surface area contributed by atoms with Crippen LogP contribution in [0, 0.1) is 13.8 Å². The van der Waals surface area contributed by atoms with Gasteiger partial charge in [-0.05, 0) is 38.1 Å². The smallest absolute Gasteiger partial charge is 0.249 e. The number of nitrogens with zero attached hydrogens (tertiary/aromatic N) is 2. The highest BCUT2D eigenvalue weighted by molar-refractivity contribution is 7.89. The third-order valence-electron chi connectivity index (χ3n) is 3.38. The lowest BCUT2D eigenvalue weighted by Crippen LogP contribution is -2.33. The van der Waals surface area contributed by atoms with Crippen LogP contribution in [0.4, 0.5) is 0 Å². The van der Waals surface area contributed by atoms with Gasteiger partial charge in [-0.1, -0.05) is 11.2 Å². The topological polar surface area (TPSA) is 63.4 Å². The van der Waals surface area contributed by atoms with Crippen molar-refractivity contribution in [1.29, 1.82) is 0 Å². The van der Waals surface area contributed by atoms with Gasteiger partial charge in [-0.3, -0.25) is 0 Å². The van der Waals surface area contributed by atoms with E-state index in [4.69, 9.17) is 4.52 Å². The summed E-state index contributed by atoms with van der Waals surface area (Å²) in [6, 6.07) is 4.01. The fraction of sp³-hybridized carbons (Fsp3) is 0.462. The molecule has 7 heteroatoms. The quantitative estimate of drug-likeness (QED) is 0.851. The Labute approximate surface area is 122 Å². The summed E-state index contributed by atoms with van der Waals surface area (Å²) < 4.78 is 32.3. The third-order valence-corrected chi connectivity index (χ3v) is 6.39. The molecule has 3 rings (SSSR count). The zero-order valence-corrected chi connectivity index (χ0v) is 13.0. The standard InChI is InChI=1S/C13H16N2O3S2/c1-9-13(10(2)18-14-9)20(16,17)15(11-5-6-11)8-12-4-3-7-19-12/h3-4,7,11H,5-6,8H2,1-2H3. The van der Waals surface area contributed by atoms with Crippen LogP contribution in [0.1, 0.15) is 29.2 Å². The molecule has 0 bridgehead atoms. The van der Waals surface area contributed by atoms with Crippen molar-refractivity contribution in [3.63, 3.8) is 0 Å². The number of rotatable bonds is 5. The van der Waals surface area contributed by atoms with Crippen molar-refractivity contribution < 1.29 is 12.9 Å². The van der Waals surface area contributed by atoms with Crippen LogP contribution in [0.3, 0.4) is 0 Å². The van der Waals surface area contributed by atoms with Crippen LogP contribution in [0.15, 0.2) is 26.9 Å². The molecular weight excluding hydrogens is 296 g/mol. The summed E-state index contributed by atoms with van der Waals surface area (Å²) in [5.41, 5.74) is 0.430. The van der Waals surface area contributed by atoms with Gasteiger partial charge in [0.15, 0.2) is 5.76 Å². The van der Waals surface area contributed by atoms with Crippen molar-refractivity contribution in [3.8, 4) is 0 Å². The van der Waals surface area contributed by atoms with E-state index in [0.29, 0.717) is 18.0 Å². The second kappa shape index (κ2) is 4.98. The Morgan fingerprint density at radius 1 is 1.45 bits per heavy atom. The fourth-order valence-electron chi connectivity index (χ4n) is 2.29. The van der Waals surface area contributed by atoms with E-state index in [-0.39, 0.29) is 10.9 Å². The SMILES string of the molecule is Cc1noc(C)c1S(=O)(=O)N(Cc1cccs1)C1CC1. The Morgan fingerprint density at radius 2 is 2.20 bits per heavy atom. The van der Waals surface area contributed by atoms with Crippen molar-refractivity contribution >= 4 is 21.4 Å². The van der Waals surface area contributed by atoms with E-state index in [9.17, 15) is 8.42 Å². The minimum atomic E-state index is -3.55. The molecule has 20 heavy (non-hydrogen) atoms. The van der Waals surface area contributed by atoms with E-state index >= 15 is 0 Å². The van der Waals surface area contributed by atoms with Gasteiger partial charge in [0.05, 0.1) is 0 Å². The number of hydrogen-bond acceptors (Lipinski definition) is 5. The first-order chi connectivity index (χ1) is 9.50. The predicted octanol–water partition coefficient (Wildman–Crippen LogP) is 2.71. The molecule has 0 aliphatic heterocycles. The molecule has 2 aromatic rings. The average molecular weight is 312 g/mol. The Balaban J connectivity index is 1.98. The van der Waals surface area contributed by atoms with Crippen molar-refractivity contribution in [1.82, 2.24) is 9.46 Å². The molecule has 0 aromatic carbocycles. The molecule has 0 saturated heterocycles. The molecule has 2 heterocycles. The molecule has 1 aliphatic carbocycles. The maximum absolute atomic E-state index is 12.9. The molecule has 1 fully saturated rings. The Kier molecular flexibility index (Phi) is 3.43. The molecule has 0 amide bonds. The Bertz CT molecular complexity index is 681. The highest BCUT2D eigenvalue weighted by Gasteiger charge is 2.40. The summed E-state index contributed by atoms with van der Waals surface area (Å²) in [5.74, 6) is 0.360.